The molecule has 1 atom stereocenters. The van der Waals surface area contributed by atoms with Crippen molar-refractivity contribution in [1.29, 1.82) is 0 Å². The summed E-state index contributed by atoms with van der Waals surface area (Å²) in [7, 11) is 0. The van der Waals surface area contributed by atoms with E-state index in [4.69, 9.17) is 4.74 Å². The minimum atomic E-state index is -0.328. The molecule has 1 fully saturated rings. The average Bonchev–Trinajstić information content (AvgIpc) is 2.44. The third-order valence-corrected chi connectivity index (χ3v) is 3.39. The minimum Gasteiger partial charge on any atom is -0.369 e. The van der Waals surface area contributed by atoms with E-state index in [0.717, 1.165) is 58.5 Å². The van der Waals surface area contributed by atoms with Crippen LogP contribution in [0.1, 0.15) is 33.1 Å². The number of ether oxygens (including phenoxy) is 1. The smallest absolute Gasteiger partial charge is 0.248 e. The van der Waals surface area contributed by atoms with Crippen molar-refractivity contribution < 1.29 is 9.53 Å². The molecule has 0 aromatic rings. The first-order valence-electron chi connectivity index (χ1n) is 7.56. The fourth-order valence-corrected chi connectivity index (χ4v) is 2.07. The molecule has 1 aliphatic rings. The Kier molecular flexibility index (Phi) is 8.79. The summed E-state index contributed by atoms with van der Waals surface area (Å²) >= 11 is 0. The van der Waals surface area contributed by atoms with E-state index in [1.807, 2.05) is 6.92 Å². The van der Waals surface area contributed by atoms with Gasteiger partial charge in [0.05, 0.1) is 0 Å². The van der Waals surface area contributed by atoms with Gasteiger partial charge in [-0.05, 0) is 26.3 Å². The number of hydrogen-bond acceptors (Lipinski definition) is 4. The van der Waals surface area contributed by atoms with Gasteiger partial charge in [0.2, 0.25) is 5.91 Å². The van der Waals surface area contributed by atoms with E-state index in [1.54, 1.807) is 0 Å². The summed E-state index contributed by atoms with van der Waals surface area (Å²) in [5, 5.41) is 6.28. The largest absolute Gasteiger partial charge is 0.369 e. The third-order valence-electron chi connectivity index (χ3n) is 3.39. The molecule has 0 radical (unpaired) electrons. The first-order chi connectivity index (χ1) is 9.24. The van der Waals surface area contributed by atoms with E-state index in [-0.39, 0.29) is 12.0 Å². The second-order valence-electron chi connectivity index (χ2n) is 5.10. The molecule has 19 heavy (non-hydrogen) atoms. The maximum atomic E-state index is 11.7. The lowest BCUT2D eigenvalue weighted by Crippen LogP contribution is -2.44. The molecule has 1 saturated heterocycles. The average molecular weight is 271 g/mol. The van der Waals surface area contributed by atoms with Crippen LogP contribution in [0.5, 0.6) is 0 Å². The molecular formula is C14H29N3O2. The van der Waals surface area contributed by atoms with Crippen molar-refractivity contribution in [2.75, 3.05) is 45.9 Å². The van der Waals surface area contributed by atoms with Gasteiger partial charge in [-0.25, -0.2) is 0 Å². The minimum absolute atomic E-state index is 0.0106. The van der Waals surface area contributed by atoms with Gasteiger partial charge in [0, 0.05) is 39.3 Å². The molecule has 1 rings (SSSR count). The highest BCUT2D eigenvalue weighted by Crippen LogP contribution is 1.96. The van der Waals surface area contributed by atoms with Gasteiger partial charge in [-0.3, -0.25) is 4.79 Å². The predicted octanol–water partition coefficient (Wildman–Crippen LogP) is 0.603. The zero-order valence-electron chi connectivity index (χ0n) is 12.4. The Labute approximate surface area is 117 Å². The highest BCUT2D eigenvalue weighted by molar-refractivity contribution is 5.80. The number of carbonyl (C=O) groups excluding carboxylic acids is 1. The van der Waals surface area contributed by atoms with Gasteiger partial charge in [0.15, 0.2) is 0 Å². The number of piperazine rings is 1. The van der Waals surface area contributed by atoms with E-state index >= 15 is 0 Å². The lowest BCUT2D eigenvalue weighted by molar-refractivity contribution is -0.131. The van der Waals surface area contributed by atoms with Gasteiger partial charge in [-0.1, -0.05) is 13.3 Å². The topological polar surface area (TPSA) is 53.6 Å². The van der Waals surface area contributed by atoms with Crippen LogP contribution in [-0.2, 0) is 9.53 Å². The van der Waals surface area contributed by atoms with Crippen LogP contribution in [0.15, 0.2) is 0 Å². The third kappa shape index (κ3) is 7.50. The summed E-state index contributed by atoms with van der Waals surface area (Å²) in [5.41, 5.74) is 0. The van der Waals surface area contributed by atoms with Crippen molar-refractivity contribution in [3.63, 3.8) is 0 Å². The van der Waals surface area contributed by atoms with Crippen LogP contribution >= 0.6 is 0 Å². The molecule has 0 spiro atoms. The molecule has 0 aliphatic carbocycles. The van der Waals surface area contributed by atoms with Crippen molar-refractivity contribution >= 4 is 5.91 Å². The molecule has 1 unspecified atom stereocenters. The molecule has 1 amide bonds. The summed E-state index contributed by atoms with van der Waals surface area (Å²) in [5.74, 6) is 0.0106. The van der Waals surface area contributed by atoms with Crippen LogP contribution < -0.4 is 10.6 Å². The number of nitrogens with one attached hydrogen (secondary N) is 2. The maximum Gasteiger partial charge on any atom is 0.248 e. The van der Waals surface area contributed by atoms with Crippen LogP contribution in [0.2, 0.25) is 0 Å². The zero-order valence-corrected chi connectivity index (χ0v) is 12.4. The summed E-state index contributed by atoms with van der Waals surface area (Å²) in [6, 6.07) is 0. The summed E-state index contributed by atoms with van der Waals surface area (Å²) < 4.78 is 5.46. The fourth-order valence-electron chi connectivity index (χ4n) is 2.07. The second-order valence-corrected chi connectivity index (χ2v) is 5.10. The Morgan fingerprint density at radius 3 is 2.79 bits per heavy atom. The van der Waals surface area contributed by atoms with E-state index < -0.39 is 0 Å². The fraction of sp³-hybridized carbons (Fsp3) is 0.929. The quantitative estimate of drug-likeness (QED) is 0.603. The van der Waals surface area contributed by atoms with Gasteiger partial charge in [0.25, 0.3) is 0 Å². The first kappa shape index (κ1) is 16.4. The molecule has 1 aliphatic heterocycles. The van der Waals surface area contributed by atoms with Gasteiger partial charge in [-0.15, -0.1) is 0 Å². The van der Waals surface area contributed by atoms with Crippen molar-refractivity contribution in [2.45, 2.75) is 39.2 Å². The van der Waals surface area contributed by atoms with E-state index in [1.165, 1.54) is 0 Å². The normalized spacial score (nSPS) is 18.2. The zero-order chi connectivity index (χ0) is 13.9. The molecule has 0 aromatic carbocycles. The van der Waals surface area contributed by atoms with E-state index in [2.05, 4.69) is 22.5 Å². The molecule has 5 nitrogen and oxygen atoms in total. The molecule has 112 valence electrons. The van der Waals surface area contributed by atoms with E-state index in [0.29, 0.717) is 6.61 Å². The molecule has 2 N–H and O–H groups in total. The number of rotatable bonds is 9. The summed E-state index contributed by atoms with van der Waals surface area (Å²) in [6.45, 7) is 10.8. The van der Waals surface area contributed by atoms with Crippen LogP contribution in [0.25, 0.3) is 0 Å². The summed E-state index contributed by atoms with van der Waals surface area (Å²) in [6.07, 6.45) is 2.79. The standard InChI is InChI=1S/C14H29N3O2/c1-3-4-12-19-13(2)14(18)16-6-5-9-17-10-7-15-8-11-17/h13,15H,3-12H2,1-2H3,(H,16,18). The molecule has 0 bridgehead atoms. The monoisotopic (exact) mass is 271 g/mol. The van der Waals surface area contributed by atoms with Gasteiger partial charge >= 0.3 is 0 Å². The lowest BCUT2D eigenvalue weighted by atomic mass is 10.3. The highest BCUT2D eigenvalue weighted by Gasteiger charge is 2.13. The number of nitrogens with zero attached hydrogens (tertiary/aromatic N) is 1. The second kappa shape index (κ2) is 10.2. The molecule has 0 saturated carbocycles. The van der Waals surface area contributed by atoms with Gasteiger partial charge in [-0.2, -0.15) is 0 Å². The number of unbranched alkanes of at least 4 members (excludes halogenated alkanes) is 1. The predicted molar refractivity (Wildman–Crippen MR) is 77.3 cm³/mol. The van der Waals surface area contributed by atoms with Crippen molar-refractivity contribution in [1.82, 2.24) is 15.5 Å². The molecular weight excluding hydrogens is 242 g/mol. The molecule has 0 aromatic heterocycles. The van der Waals surface area contributed by atoms with Crippen LogP contribution in [0.4, 0.5) is 0 Å². The maximum absolute atomic E-state index is 11.7. The van der Waals surface area contributed by atoms with Gasteiger partial charge in [0.1, 0.15) is 6.10 Å². The van der Waals surface area contributed by atoms with Crippen molar-refractivity contribution in [3.05, 3.63) is 0 Å². The van der Waals surface area contributed by atoms with Crippen molar-refractivity contribution in [2.24, 2.45) is 0 Å². The first-order valence-corrected chi connectivity index (χ1v) is 7.56. The Bertz CT molecular complexity index is 243. The van der Waals surface area contributed by atoms with Gasteiger partial charge < -0.3 is 20.3 Å². The number of hydrogen-bond donors (Lipinski definition) is 2. The molecule has 1 heterocycles. The Morgan fingerprint density at radius 2 is 2.11 bits per heavy atom. The van der Waals surface area contributed by atoms with E-state index in [9.17, 15) is 4.79 Å². The summed E-state index contributed by atoms with van der Waals surface area (Å²) in [4.78, 5) is 14.2. The van der Waals surface area contributed by atoms with Crippen LogP contribution in [-0.4, -0.2) is 62.8 Å². The Morgan fingerprint density at radius 1 is 1.37 bits per heavy atom. The van der Waals surface area contributed by atoms with Crippen LogP contribution in [0.3, 0.4) is 0 Å². The van der Waals surface area contributed by atoms with Crippen molar-refractivity contribution in [3.8, 4) is 0 Å². The highest BCUT2D eigenvalue weighted by atomic mass is 16.5. The Hall–Kier alpha value is -0.650. The Balaban J connectivity index is 1.99. The SMILES string of the molecule is CCCCOC(C)C(=O)NCCCN1CCNCC1. The lowest BCUT2D eigenvalue weighted by Gasteiger charge is -2.27. The number of carbonyl (C=O) groups is 1. The number of amides is 1. The van der Waals surface area contributed by atoms with Crippen LogP contribution in [0, 0.1) is 0 Å². The molecule has 5 heteroatoms.